The molecule has 1 amide bonds. The zero-order valence-electron chi connectivity index (χ0n) is 14.0. The summed E-state index contributed by atoms with van der Waals surface area (Å²) >= 11 is 0. The van der Waals surface area contributed by atoms with Crippen molar-refractivity contribution in [3.8, 4) is 0 Å². The topological polar surface area (TPSA) is 134 Å². The molecular weight excluding hydrogens is 315 g/mol. The predicted molar refractivity (Wildman–Crippen MR) is 74.5 cm³/mol. The van der Waals surface area contributed by atoms with Crippen LogP contribution in [0.5, 0.6) is 0 Å². The van der Waals surface area contributed by atoms with Crippen LogP contribution in [-0.4, -0.2) is 55.7 Å². The Morgan fingerprint density at radius 2 is 1.91 bits per heavy atom. The quantitative estimate of drug-likeness (QED) is 0.301. The van der Waals surface area contributed by atoms with Gasteiger partial charge in [-0.15, -0.1) is 0 Å². The second-order valence-electron chi connectivity index (χ2n) is 5.78. The van der Waals surface area contributed by atoms with Crippen LogP contribution in [0.15, 0.2) is 0 Å². The van der Waals surface area contributed by atoms with Crippen molar-refractivity contribution in [2.45, 2.75) is 51.0 Å². The fourth-order valence-electron chi connectivity index (χ4n) is 2.15. The van der Waals surface area contributed by atoms with Crippen LogP contribution in [0, 0.1) is 5.92 Å². The number of ether oxygens (including phenoxy) is 2. The third kappa shape index (κ3) is 7.28. The molecule has 1 aliphatic heterocycles. The Hall–Kier alpha value is -0.510. The minimum Gasteiger partial charge on any atom is -0.547 e. The van der Waals surface area contributed by atoms with E-state index in [1.165, 1.54) is 7.11 Å². The van der Waals surface area contributed by atoms with Gasteiger partial charge in [-0.2, -0.15) is 0 Å². The Balaban J connectivity index is 0.00000484. The number of ketones is 1. The predicted octanol–water partition coefficient (Wildman–Crippen LogP) is -5.03. The summed E-state index contributed by atoms with van der Waals surface area (Å²) in [7, 11) is 1.48. The number of rotatable bonds is 10. The molecule has 0 radical (unpaired) electrons. The van der Waals surface area contributed by atoms with E-state index in [2.05, 4.69) is 5.32 Å². The van der Waals surface area contributed by atoms with Crippen LogP contribution in [0.2, 0.25) is 0 Å². The largest absolute Gasteiger partial charge is 1.00 e. The number of carboxylic acid groups (broad SMARTS) is 1. The van der Waals surface area contributed by atoms with Crippen LogP contribution in [0.3, 0.4) is 0 Å². The molecule has 0 aromatic heterocycles. The normalized spacial score (nSPS) is 22.0. The zero-order valence-corrected chi connectivity index (χ0v) is 16.0. The summed E-state index contributed by atoms with van der Waals surface area (Å²) in [5.41, 5.74) is 5.86. The summed E-state index contributed by atoms with van der Waals surface area (Å²) in [6, 6.07) is -1.52. The van der Waals surface area contributed by atoms with E-state index in [1.807, 2.05) is 13.8 Å². The van der Waals surface area contributed by atoms with Gasteiger partial charge in [0.25, 0.3) is 5.91 Å². The molecule has 0 saturated carbocycles. The number of carbonyl (C=O) groups is 3. The molecule has 1 fully saturated rings. The molecule has 1 aliphatic rings. The van der Waals surface area contributed by atoms with Gasteiger partial charge in [0.15, 0.2) is 11.9 Å². The molecule has 8 nitrogen and oxygen atoms in total. The van der Waals surface area contributed by atoms with E-state index in [4.69, 9.17) is 15.2 Å². The second-order valence-corrected chi connectivity index (χ2v) is 5.78. The van der Waals surface area contributed by atoms with Crippen molar-refractivity contribution in [2.75, 3.05) is 13.7 Å². The van der Waals surface area contributed by atoms with E-state index in [0.717, 1.165) is 0 Å². The Labute approximate surface area is 157 Å². The average molecular weight is 338 g/mol. The summed E-state index contributed by atoms with van der Waals surface area (Å²) in [6.45, 7) is 4.15. The first-order valence-corrected chi connectivity index (χ1v) is 7.22. The molecule has 0 spiro atoms. The Bertz CT molecular complexity index is 431. The average Bonchev–Trinajstić information content (AvgIpc) is 3.22. The number of Topliss-reactive ketones (excluding diaryl/α,β-unsaturated/α-hetero) is 1. The number of hydrogen-bond acceptors (Lipinski definition) is 7. The summed E-state index contributed by atoms with van der Waals surface area (Å²) < 4.78 is 9.62. The SMILES string of the molecule is COCCC(NC(=O)[C@H]1O[C@@H]1C(=O)[O-])C(=O)[C@@H](N)CC(C)C.[Na+]. The van der Waals surface area contributed by atoms with Crippen molar-refractivity contribution in [1.29, 1.82) is 0 Å². The number of aliphatic carboxylic acids is 1. The van der Waals surface area contributed by atoms with E-state index in [0.29, 0.717) is 6.42 Å². The molecule has 1 heterocycles. The molecule has 0 aliphatic carbocycles. The first-order chi connectivity index (χ1) is 10.3. The molecule has 9 heteroatoms. The smallest absolute Gasteiger partial charge is 0.547 e. The number of nitrogens with two attached hydrogens (primary N) is 1. The minimum absolute atomic E-state index is 0. The number of hydrogen-bond donors (Lipinski definition) is 2. The molecule has 0 aromatic carbocycles. The molecule has 1 rings (SSSR count). The van der Waals surface area contributed by atoms with Crippen LogP contribution >= 0.6 is 0 Å². The van der Waals surface area contributed by atoms with E-state index >= 15 is 0 Å². The van der Waals surface area contributed by atoms with Gasteiger partial charge < -0.3 is 30.4 Å². The van der Waals surface area contributed by atoms with E-state index in [1.54, 1.807) is 0 Å². The molecule has 126 valence electrons. The summed E-state index contributed by atoms with van der Waals surface area (Å²) in [5.74, 6) is -2.16. The van der Waals surface area contributed by atoms with Crippen molar-refractivity contribution < 1.29 is 58.5 Å². The Morgan fingerprint density at radius 3 is 2.35 bits per heavy atom. The number of methoxy groups -OCH3 is 1. The van der Waals surface area contributed by atoms with Crippen LogP contribution < -0.4 is 45.7 Å². The van der Waals surface area contributed by atoms with Gasteiger partial charge in [0.05, 0.1) is 18.1 Å². The van der Waals surface area contributed by atoms with Crippen molar-refractivity contribution in [2.24, 2.45) is 11.7 Å². The van der Waals surface area contributed by atoms with Crippen molar-refractivity contribution in [1.82, 2.24) is 5.32 Å². The van der Waals surface area contributed by atoms with E-state index in [-0.39, 0.29) is 54.3 Å². The van der Waals surface area contributed by atoms with Crippen molar-refractivity contribution in [3.63, 3.8) is 0 Å². The maximum Gasteiger partial charge on any atom is 1.00 e. The molecule has 0 bridgehead atoms. The molecule has 1 saturated heterocycles. The van der Waals surface area contributed by atoms with Gasteiger partial charge in [-0.1, -0.05) is 13.8 Å². The minimum atomic E-state index is -1.45. The van der Waals surface area contributed by atoms with Crippen molar-refractivity contribution in [3.05, 3.63) is 0 Å². The Morgan fingerprint density at radius 1 is 1.30 bits per heavy atom. The molecule has 4 atom stereocenters. The summed E-state index contributed by atoms with van der Waals surface area (Å²) in [6.07, 6.45) is -1.60. The van der Waals surface area contributed by atoms with Gasteiger partial charge in [-0.3, -0.25) is 9.59 Å². The number of carboxylic acids is 1. The maximum absolute atomic E-state index is 12.3. The van der Waals surface area contributed by atoms with Crippen LogP contribution in [0.25, 0.3) is 0 Å². The third-order valence-electron chi connectivity index (χ3n) is 3.34. The fraction of sp³-hybridized carbons (Fsp3) is 0.786. The van der Waals surface area contributed by atoms with E-state index < -0.39 is 36.2 Å². The first kappa shape index (κ1) is 22.5. The molecule has 3 N–H and O–H groups in total. The standard InChI is InChI=1S/C14H24N2O6.Na/c1-7(2)6-8(15)10(17)9(4-5-21-3)16-13(18)11-12(22-11)14(19)20;/h7-9,11-12H,4-6,15H2,1-3H3,(H,16,18)(H,19,20);/q;+1/p-1/t8-,9?,11-,12-;/m0./s1. The number of epoxide rings is 1. The fourth-order valence-corrected chi connectivity index (χ4v) is 2.15. The Kier molecular flexibility index (Phi) is 10.1. The third-order valence-corrected chi connectivity index (χ3v) is 3.34. The van der Waals surface area contributed by atoms with Gasteiger partial charge in [-0.05, 0) is 18.8 Å². The van der Waals surface area contributed by atoms with Gasteiger partial charge in [0, 0.05) is 13.7 Å². The molecular formula is C14H23N2NaO6. The van der Waals surface area contributed by atoms with Crippen LogP contribution in [0.1, 0.15) is 26.7 Å². The maximum atomic E-state index is 12.3. The number of carbonyl (C=O) groups excluding carboxylic acids is 3. The van der Waals surface area contributed by atoms with Crippen molar-refractivity contribution >= 4 is 17.7 Å². The number of amides is 1. The summed E-state index contributed by atoms with van der Waals surface area (Å²) in [4.78, 5) is 34.8. The monoisotopic (exact) mass is 338 g/mol. The molecule has 0 aromatic rings. The van der Waals surface area contributed by atoms with Crippen LogP contribution in [0.4, 0.5) is 0 Å². The first-order valence-electron chi connectivity index (χ1n) is 7.22. The number of nitrogens with one attached hydrogen (secondary N) is 1. The van der Waals surface area contributed by atoms with Gasteiger partial charge >= 0.3 is 29.6 Å². The van der Waals surface area contributed by atoms with Gasteiger partial charge in [0.1, 0.15) is 6.10 Å². The van der Waals surface area contributed by atoms with Gasteiger partial charge in [0.2, 0.25) is 0 Å². The van der Waals surface area contributed by atoms with E-state index in [9.17, 15) is 19.5 Å². The van der Waals surface area contributed by atoms with Gasteiger partial charge in [-0.25, -0.2) is 0 Å². The zero-order chi connectivity index (χ0) is 16.9. The molecule has 23 heavy (non-hydrogen) atoms. The summed E-state index contributed by atoms with van der Waals surface area (Å²) in [5, 5.41) is 13.1. The second kappa shape index (κ2) is 10.4. The van der Waals surface area contributed by atoms with Crippen LogP contribution in [-0.2, 0) is 23.9 Å². The molecule has 1 unspecified atom stereocenters.